The predicted octanol–water partition coefficient (Wildman–Crippen LogP) is -0.0321. The van der Waals surface area contributed by atoms with Crippen LogP contribution < -0.4 is 5.56 Å². The maximum Gasteiger partial charge on any atom is 0.263 e. The Morgan fingerprint density at radius 2 is 2.00 bits per heavy atom. The SMILES string of the molecule is CC(C)=CCN1CCN(C(=O)c2cnc(C)[nH]c2=O)[C@@H]2CS(=O)(=O)C[C@@H]21. The van der Waals surface area contributed by atoms with Crippen molar-refractivity contribution < 1.29 is 13.2 Å². The van der Waals surface area contributed by atoms with Crippen LogP contribution in [-0.2, 0) is 9.84 Å². The third-order valence-corrected chi connectivity index (χ3v) is 6.64. The Labute approximate surface area is 152 Å². The molecule has 1 aromatic rings. The maximum atomic E-state index is 12.9. The summed E-state index contributed by atoms with van der Waals surface area (Å²) in [6.45, 7) is 7.26. The van der Waals surface area contributed by atoms with E-state index in [9.17, 15) is 18.0 Å². The van der Waals surface area contributed by atoms with Crippen molar-refractivity contribution in [2.75, 3.05) is 31.1 Å². The van der Waals surface area contributed by atoms with Crippen molar-refractivity contribution in [1.29, 1.82) is 0 Å². The van der Waals surface area contributed by atoms with Crippen LogP contribution in [0.3, 0.4) is 0 Å². The van der Waals surface area contributed by atoms with Gasteiger partial charge in [0, 0.05) is 31.9 Å². The van der Waals surface area contributed by atoms with E-state index in [-0.39, 0.29) is 23.1 Å². The number of aryl methyl sites for hydroxylation is 1. The number of hydrogen-bond donors (Lipinski definition) is 1. The normalized spacial score (nSPS) is 25.0. The van der Waals surface area contributed by atoms with Gasteiger partial charge in [-0.05, 0) is 20.8 Å². The molecule has 0 radical (unpaired) electrons. The minimum Gasteiger partial charge on any atom is -0.332 e. The summed E-state index contributed by atoms with van der Waals surface area (Å²) < 4.78 is 24.5. The molecule has 0 aliphatic carbocycles. The quantitative estimate of drug-likeness (QED) is 0.739. The van der Waals surface area contributed by atoms with E-state index in [2.05, 4.69) is 20.9 Å². The molecule has 9 heteroatoms. The lowest BCUT2D eigenvalue weighted by Gasteiger charge is -2.43. The molecule has 3 heterocycles. The number of piperazine rings is 1. The Bertz CT molecular complexity index is 902. The number of sulfone groups is 1. The zero-order valence-electron chi connectivity index (χ0n) is 15.2. The number of nitrogens with one attached hydrogen (secondary N) is 1. The summed E-state index contributed by atoms with van der Waals surface area (Å²) in [7, 11) is -3.22. The van der Waals surface area contributed by atoms with Gasteiger partial charge in [0.25, 0.3) is 11.5 Å². The molecule has 26 heavy (non-hydrogen) atoms. The van der Waals surface area contributed by atoms with Gasteiger partial charge in [-0.3, -0.25) is 14.5 Å². The van der Waals surface area contributed by atoms with Gasteiger partial charge in [-0.15, -0.1) is 0 Å². The van der Waals surface area contributed by atoms with E-state index in [1.165, 1.54) is 11.1 Å². The van der Waals surface area contributed by atoms with E-state index in [0.717, 1.165) is 5.57 Å². The van der Waals surface area contributed by atoms with Crippen molar-refractivity contribution in [3.63, 3.8) is 0 Å². The van der Waals surface area contributed by atoms with Crippen LogP contribution in [-0.4, -0.2) is 77.3 Å². The summed E-state index contributed by atoms with van der Waals surface area (Å²) in [5.41, 5.74) is 0.626. The van der Waals surface area contributed by atoms with Gasteiger partial charge in [0.1, 0.15) is 11.4 Å². The molecule has 2 fully saturated rings. The van der Waals surface area contributed by atoms with Crippen LogP contribution in [0.2, 0.25) is 0 Å². The van der Waals surface area contributed by atoms with Gasteiger partial charge in [-0.2, -0.15) is 0 Å². The number of hydrogen-bond acceptors (Lipinski definition) is 6. The van der Waals surface area contributed by atoms with Gasteiger partial charge in [0.05, 0.1) is 17.5 Å². The second kappa shape index (κ2) is 6.96. The summed E-state index contributed by atoms with van der Waals surface area (Å²) in [4.78, 5) is 35.2. The van der Waals surface area contributed by atoms with Crippen molar-refractivity contribution in [2.24, 2.45) is 0 Å². The van der Waals surface area contributed by atoms with Crippen LogP contribution in [0.1, 0.15) is 30.0 Å². The maximum absolute atomic E-state index is 12.9. The predicted molar refractivity (Wildman–Crippen MR) is 97.9 cm³/mol. The third kappa shape index (κ3) is 3.73. The molecule has 0 bridgehead atoms. The highest BCUT2D eigenvalue weighted by molar-refractivity contribution is 7.91. The van der Waals surface area contributed by atoms with Gasteiger partial charge in [0.2, 0.25) is 0 Å². The topological polar surface area (TPSA) is 103 Å². The van der Waals surface area contributed by atoms with Gasteiger partial charge in [0.15, 0.2) is 9.84 Å². The highest BCUT2D eigenvalue weighted by atomic mass is 32.2. The number of nitrogens with zero attached hydrogens (tertiary/aromatic N) is 3. The Balaban J connectivity index is 1.89. The number of carbonyl (C=O) groups excluding carboxylic acids is 1. The van der Waals surface area contributed by atoms with E-state index >= 15 is 0 Å². The summed E-state index contributed by atoms with van der Waals surface area (Å²) in [5, 5.41) is 0. The molecule has 2 aliphatic heterocycles. The van der Waals surface area contributed by atoms with E-state index < -0.39 is 27.3 Å². The first kappa shape index (κ1) is 18.8. The van der Waals surface area contributed by atoms with Crippen molar-refractivity contribution >= 4 is 15.7 Å². The van der Waals surface area contributed by atoms with Crippen LogP contribution in [0.4, 0.5) is 0 Å². The molecular weight excluding hydrogens is 356 g/mol. The minimum absolute atomic E-state index is 0.0422. The lowest BCUT2D eigenvalue weighted by atomic mass is 10.0. The highest BCUT2D eigenvalue weighted by Gasteiger charge is 2.48. The number of H-pyrrole nitrogens is 1. The summed E-state index contributed by atoms with van der Waals surface area (Å²) >= 11 is 0. The molecule has 1 aromatic heterocycles. The average molecular weight is 380 g/mol. The first-order valence-corrected chi connectivity index (χ1v) is 10.4. The van der Waals surface area contributed by atoms with E-state index in [1.807, 2.05) is 13.8 Å². The molecule has 2 aliphatic rings. The van der Waals surface area contributed by atoms with Crippen LogP contribution in [0, 0.1) is 6.92 Å². The number of aromatic amines is 1. The molecule has 2 atom stereocenters. The summed E-state index contributed by atoms with van der Waals surface area (Å²) in [6, 6.07) is -0.682. The molecule has 2 saturated heterocycles. The Morgan fingerprint density at radius 3 is 2.65 bits per heavy atom. The molecule has 0 aromatic carbocycles. The second-order valence-corrected chi connectivity index (χ2v) is 9.35. The Hall–Kier alpha value is -2.00. The molecule has 0 unspecified atom stereocenters. The van der Waals surface area contributed by atoms with Crippen molar-refractivity contribution in [3.05, 3.63) is 39.6 Å². The van der Waals surface area contributed by atoms with Crippen LogP contribution >= 0.6 is 0 Å². The monoisotopic (exact) mass is 380 g/mol. The number of amides is 1. The average Bonchev–Trinajstić information content (AvgIpc) is 2.87. The zero-order valence-corrected chi connectivity index (χ0v) is 16.0. The fourth-order valence-electron chi connectivity index (χ4n) is 3.59. The molecule has 0 saturated carbocycles. The number of carbonyl (C=O) groups is 1. The Morgan fingerprint density at radius 1 is 1.31 bits per heavy atom. The molecule has 8 nitrogen and oxygen atoms in total. The fourth-order valence-corrected chi connectivity index (χ4v) is 5.61. The van der Waals surface area contributed by atoms with Crippen molar-refractivity contribution in [3.8, 4) is 0 Å². The zero-order chi connectivity index (χ0) is 19.1. The van der Waals surface area contributed by atoms with Gasteiger partial charge >= 0.3 is 0 Å². The van der Waals surface area contributed by atoms with Gasteiger partial charge in [-0.25, -0.2) is 13.4 Å². The number of fused-ring (bicyclic) bond motifs is 1. The lowest BCUT2D eigenvalue weighted by Crippen LogP contribution is -2.61. The van der Waals surface area contributed by atoms with Gasteiger partial charge in [-0.1, -0.05) is 11.6 Å². The standard InChI is InChI=1S/C17H24N4O4S/c1-11(2)4-5-20-6-7-21(15-10-26(24,25)9-14(15)20)17(23)13-8-18-12(3)19-16(13)22/h4,8,14-15H,5-7,9-10H2,1-3H3,(H,18,19,22)/t14-,15+/m0/s1. The first-order valence-electron chi connectivity index (χ1n) is 8.62. The minimum atomic E-state index is -3.22. The van der Waals surface area contributed by atoms with Crippen LogP contribution in [0.25, 0.3) is 0 Å². The molecule has 1 N–H and O–H groups in total. The van der Waals surface area contributed by atoms with Crippen molar-refractivity contribution in [1.82, 2.24) is 19.8 Å². The first-order chi connectivity index (χ1) is 12.2. The Kier molecular flexibility index (Phi) is 5.03. The largest absolute Gasteiger partial charge is 0.332 e. The second-order valence-electron chi connectivity index (χ2n) is 7.20. The van der Waals surface area contributed by atoms with E-state index in [1.54, 1.807) is 6.92 Å². The molecule has 0 spiro atoms. The summed E-state index contributed by atoms with van der Waals surface area (Å²) in [6.07, 6.45) is 3.33. The smallest absolute Gasteiger partial charge is 0.263 e. The molecule has 3 rings (SSSR count). The van der Waals surface area contributed by atoms with Crippen molar-refractivity contribution in [2.45, 2.75) is 32.9 Å². The van der Waals surface area contributed by atoms with E-state index in [4.69, 9.17) is 0 Å². The fraction of sp³-hybridized carbons (Fsp3) is 0.588. The third-order valence-electron chi connectivity index (χ3n) is 4.94. The summed E-state index contributed by atoms with van der Waals surface area (Å²) in [5.74, 6) is -0.0425. The van der Waals surface area contributed by atoms with Gasteiger partial charge < -0.3 is 9.88 Å². The number of rotatable bonds is 3. The highest BCUT2D eigenvalue weighted by Crippen LogP contribution is 2.27. The van der Waals surface area contributed by atoms with Crippen LogP contribution in [0.5, 0.6) is 0 Å². The number of aromatic nitrogens is 2. The molecule has 1 amide bonds. The van der Waals surface area contributed by atoms with E-state index in [0.29, 0.717) is 25.5 Å². The number of allylic oxidation sites excluding steroid dienone is 1. The molecular formula is C17H24N4O4S. The van der Waals surface area contributed by atoms with Crippen LogP contribution in [0.15, 0.2) is 22.6 Å². The lowest BCUT2D eigenvalue weighted by molar-refractivity contribution is 0.0366. The molecule has 142 valence electrons.